The summed E-state index contributed by atoms with van der Waals surface area (Å²) in [4.78, 5) is 11.9. The maximum absolute atomic E-state index is 11.9. The number of halogens is 1. The van der Waals surface area contributed by atoms with Crippen molar-refractivity contribution in [1.82, 2.24) is 0 Å². The Hall–Kier alpha value is -0.163. The van der Waals surface area contributed by atoms with E-state index in [9.17, 15) is 4.79 Å². The lowest BCUT2D eigenvalue weighted by molar-refractivity contribution is 0.106. The maximum Gasteiger partial charge on any atom is 0.140 e. The van der Waals surface area contributed by atoms with E-state index in [2.05, 4.69) is 42.2 Å². The van der Waals surface area contributed by atoms with Crippen LogP contribution in [0.2, 0.25) is 19.6 Å². The molecule has 1 aromatic rings. The Morgan fingerprint density at radius 2 is 1.77 bits per heavy atom. The highest BCUT2D eigenvalue weighted by Gasteiger charge is 2.26. The Morgan fingerprint density at radius 1 is 1.23 bits per heavy atom. The van der Waals surface area contributed by atoms with Gasteiger partial charge in [-0.3, -0.25) is 0 Å². The first-order chi connectivity index (χ1) is 5.93. The zero-order valence-electron chi connectivity index (χ0n) is 8.10. The Morgan fingerprint density at radius 3 is 2.23 bits per heavy atom. The van der Waals surface area contributed by atoms with Crippen LogP contribution < -0.4 is 0 Å². The molecule has 0 aliphatic heterocycles. The lowest BCUT2D eigenvalue weighted by Crippen LogP contribution is -2.33. The summed E-state index contributed by atoms with van der Waals surface area (Å²) in [6.45, 7) is 6.25. The third kappa shape index (κ3) is 2.64. The number of carbonyl (C=O) groups is 1. The van der Waals surface area contributed by atoms with Gasteiger partial charge in [-0.1, -0.05) is 37.8 Å². The zero-order valence-corrected chi connectivity index (χ0v) is 11.3. The molecule has 1 rings (SSSR count). The molecule has 0 saturated heterocycles. The fourth-order valence-corrected chi connectivity index (χ4v) is 2.96. The molecule has 0 unspecified atom stereocenters. The molecule has 0 atom stereocenters. The molecule has 0 spiro atoms. The van der Waals surface area contributed by atoms with E-state index < -0.39 is 8.07 Å². The van der Waals surface area contributed by atoms with Gasteiger partial charge in [-0.25, -0.2) is 0 Å². The molecule has 0 aliphatic carbocycles. The molecule has 1 nitrogen and oxygen atoms in total. The number of rotatable bonds is 2. The van der Waals surface area contributed by atoms with Crippen molar-refractivity contribution in [2.45, 2.75) is 19.6 Å². The van der Waals surface area contributed by atoms with E-state index in [1.165, 1.54) is 0 Å². The van der Waals surface area contributed by atoms with E-state index in [4.69, 9.17) is 0 Å². The summed E-state index contributed by atoms with van der Waals surface area (Å²) < 4.78 is 1.06. The summed E-state index contributed by atoms with van der Waals surface area (Å²) in [5, 5.41) is 0.345. The molecule has 70 valence electrons. The topological polar surface area (TPSA) is 17.1 Å². The van der Waals surface area contributed by atoms with Gasteiger partial charge in [-0.15, -0.1) is 0 Å². The molecule has 0 radical (unpaired) electrons. The maximum atomic E-state index is 11.9. The highest BCUT2D eigenvalue weighted by Crippen LogP contribution is 2.17. The van der Waals surface area contributed by atoms with Gasteiger partial charge in [0.15, 0.2) is 0 Å². The molecule has 13 heavy (non-hydrogen) atoms. The smallest absolute Gasteiger partial charge is 0.140 e. The van der Waals surface area contributed by atoms with Crippen molar-refractivity contribution in [3.63, 3.8) is 0 Å². The minimum Gasteiger partial charge on any atom is -0.300 e. The van der Waals surface area contributed by atoms with Crippen LogP contribution in [0.5, 0.6) is 0 Å². The molecular weight excluding hydrogens is 291 g/mol. The van der Waals surface area contributed by atoms with Crippen LogP contribution in [0.4, 0.5) is 0 Å². The normalized spacial score (nSPS) is 11.4. The third-order valence-electron chi connectivity index (χ3n) is 1.80. The van der Waals surface area contributed by atoms with E-state index in [0.29, 0.717) is 5.41 Å². The van der Waals surface area contributed by atoms with Crippen LogP contribution in [0.1, 0.15) is 10.4 Å². The molecule has 0 amide bonds. The predicted molar refractivity (Wildman–Crippen MR) is 66.8 cm³/mol. The molecule has 0 heterocycles. The molecule has 0 saturated carbocycles. The summed E-state index contributed by atoms with van der Waals surface area (Å²) in [6.07, 6.45) is 0. The highest BCUT2D eigenvalue weighted by atomic mass is 127. The van der Waals surface area contributed by atoms with Crippen molar-refractivity contribution in [2.24, 2.45) is 0 Å². The van der Waals surface area contributed by atoms with E-state index >= 15 is 0 Å². The Kier molecular flexibility index (Phi) is 3.29. The van der Waals surface area contributed by atoms with Gasteiger partial charge in [0, 0.05) is 9.13 Å². The first-order valence-corrected chi connectivity index (χ1v) is 8.80. The minimum absolute atomic E-state index is 0.345. The van der Waals surface area contributed by atoms with Crippen LogP contribution in [0.25, 0.3) is 0 Å². The molecule has 1 aromatic carbocycles. The van der Waals surface area contributed by atoms with Gasteiger partial charge in [-0.05, 0) is 28.7 Å². The first-order valence-electron chi connectivity index (χ1n) is 4.22. The standard InChI is InChI=1S/C10H13IOSi/c1-13(2,3)10(12)8-6-4-5-7-9(8)11/h4-7H,1-3H3. The SMILES string of the molecule is C[Si](C)(C)C(=O)c1ccccc1I. The van der Waals surface area contributed by atoms with Gasteiger partial charge in [0.05, 0.1) is 0 Å². The van der Waals surface area contributed by atoms with Gasteiger partial charge >= 0.3 is 0 Å². The van der Waals surface area contributed by atoms with E-state index in [1.807, 2.05) is 24.3 Å². The van der Waals surface area contributed by atoms with Crippen LogP contribution in [0.3, 0.4) is 0 Å². The van der Waals surface area contributed by atoms with Gasteiger partial charge in [-0.2, -0.15) is 0 Å². The van der Waals surface area contributed by atoms with Gasteiger partial charge < -0.3 is 4.79 Å². The lowest BCUT2D eigenvalue weighted by atomic mass is 10.2. The van der Waals surface area contributed by atoms with Crippen LogP contribution in [-0.2, 0) is 0 Å². The Bertz CT molecular complexity index is 328. The van der Waals surface area contributed by atoms with Gasteiger partial charge in [0.2, 0.25) is 0 Å². The van der Waals surface area contributed by atoms with Crippen LogP contribution in [-0.4, -0.2) is 13.5 Å². The van der Waals surface area contributed by atoms with E-state index in [0.717, 1.165) is 9.13 Å². The second-order valence-electron chi connectivity index (χ2n) is 4.06. The molecule has 0 N–H and O–H groups in total. The van der Waals surface area contributed by atoms with Crippen molar-refractivity contribution in [3.05, 3.63) is 33.4 Å². The summed E-state index contributed by atoms with van der Waals surface area (Å²) in [5.41, 5.74) is 0.891. The van der Waals surface area contributed by atoms with Crippen LogP contribution >= 0.6 is 22.6 Å². The molecule has 0 bridgehead atoms. The molecule has 0 aromatic heterocycles. The number of benzene rings is 1. The fourth-order valence-electron chi connectivity index (χ4n) is 1.05. The van der Waals surface area contributed by atoms with E-state index in [1.54, 1.807) is 0 Å². The summed E-state index contributed by atoms with van der Waals surface area (Å²) >= 11 is 2.22. The average Bonchev–Trinajstić information content (AvgIpc) is 2.02. The Balaban J connectivity index is 3.10. The van der Waals surface area contributed by atoms with Crippen molar-refractivity contribution in [2.75, 3.05) is 0 Å². The zero-order chi connectivity index (χ0) is 10.1. The predicted octanol–water partition coefficient (Wildman–Crippen LogP) is 3.35. The average molecular weight is 304 g/mol. The number of carbonyl (C=O) groups excluding carboxylic acids is 1. The van der Waals surface area contributed by atoms with Crippen LogP contribution in [0, 0.1) is 3.57 Å². The summed E-state index contributed by atoms with van der Waals surface area (Å²) in [6, 6.07) is 7.79. The third-order valence-corrected chi connectivity index (χ3v) is 4.37. The lowest BCUT2D eigenvalue weighted by Gasteiger charge is -2.14. The number of hydrogen-bond donors (Lipinski definition) is 0. The highest BCUT2D eigenvalue weighted by molar-refractivity contribution is 14.1. The minimum atomic E-state index is -1.68. The molecule has 0 aliphatic rings. The monoisotopic (exact) mass is 304 g/mol. The summed E-state index contributed by atoms with van der Waals surface area (Å²) in [7, 11) is -1.68. The number of hydrogen-bond acceptors (Lipinski definition) is 1. The van der Waals surface area contributed by atoms with Crippen LogP contribution in [0.15, 0.2) is 24.3 Å². The fraction of sp³-hybridized carbons (Fsp3) is 0.300. The van der Waals surface area contributed by atoms with Crippen molar-refractivity contribution < 1.29 is 4.79 Å². The van der Waals surface area contributed by atoms with E-state index in [-0.39, 0.29) is 0 Å². The second-order valence-corrected chi connectivity index (χ2v) is 10.2. The van der Waals surface area contributed by atoms with Gasteiger partial charge in [0.1, 0.15) is 13.5 Å². The largest absolute Gasteiger partial charge is 0.300 e. The van der Waals surface area contributed by atoms with Crippen molar-refractivity contribution in [1.29, 1.82) is 0 Å². The van der Waals surface area contributed by atoms with Crippen molar-refractivity contribution in [3.8, 4) is 0 Å². The quantitative estimate of drug-likeness (QED) is 0.605. The Labute approximate surface area is 93.7 Å². The molecule has 3 heteroatoms. The first kappa shape index (κ1) is 10.9. The molecular formula is C10H13IOSi. The van der Waals surface area contributed by atoms with Crippen molar-refractivity contribution >= 4 is 36.1 Å². The second kappa shape index (κ2) is 3.92. The summed E-state index contributed by atoms with van der Waals surface area (Å²) in [5.74, 6) is 0. The molecule has 0 fully saturated rings. The van der Waals surface area contributed by atoms with Gasteiger partial charge in [0.25, 0.3) is 0 Å².